The van der Waals surface area contributed by atoms with Crippen molar-refractivity contribution in [2.75, 3.05) is 5.32 Å². The molecule has 1 nitrogen and oxygen atoms in total. The second kappa shape index (κ2) is 5.45. The summed E-state index contributed by atoms with van der Waals surface area (Å²) in [4.78, 5) is 0. The van der Waals surface area contributed by atoms with Gasteiger partial charge in [0.15, 0.2) is 0 Å². The molecule has 20 heavy (non-hydrogen) atoms. The number of halogens is 2. The maximum atomic E-state index is 13.4. The lowest BCUT2D eigenvalue weighted by Gasteiger charge is -2.17. The Bertz CT molecular complexity index is 639. The lowest BCUT2D eigenvalue weighted by atomic mass is 10.0. The number of aryl methyl sites for hydroxylation is 2. The molecular formula is C17H17ClFN. The summed E-state index contributed by atoms with van der Waals surface area (Å²) in [5, 5.41) is 3.47. The van der Waals surface area contributed by atoms with Crippen LogP contribution in [0.15, 0.2) is 36.4 Å². The molecule has 0 spiro atoms. The van der Waals surface area contributed by atoms with Gasteiger partial charge in [-0.2, -0.15) is 0 Å². The molecule has 1 aliphatic rings. The molecule has 1 aliphatic carbocycles. The molecule has 0 aromatic heterocycles. The number of benzene rings is 2. The van der Waals surface area contributed by atoms with E-state index in [4.69, 9.17) is 11.6 Å². The zero-order chi connectivity index (χ0) is 14.1. The molecule has 0 bridgehead atoms. The highest BCUT2D eigenvalue weighted by atomic mass is 35.5. The van der Waals surface area contributed by atoms with E-state index in [1.54, 1.807) is 12.1 Å². The van der Waals surface area contributed by atoms with Crippen LogP contribution >= 0.6 is 11.6 Å². The molecule has 0 radical (unpaired) electrons. The van der Waals surface area contributed by atoms with E-state index in [-0.39, 0.29) is 11.1 Å². The highest BCUT2D eigenvalue weighted by molar-refractivity contribution is 6.30. The predicted molar refractivity (Wildman–Crippen MR) is 81.9 cm³/mol. The fourth-order valence-corrected chi connectivity index (χ4v) is 2.90. The number of anilines is 1. The van der Waals surface area contributed by atoms with Crippen molar-refractivity contribution in [2.45, 2.75) is 32.2 Å². The van der Waals surface area contributed by atoms with Crippen molar-refractivity contribution in [1.82, 2.24) is 0 Å². The summed E-state index contributed by atoms with van der Waals surface area (Å²) in [6.45, 7) is 2.09. The Morgan fingerprint density at radius 1 is 1.10 bits per heavy atom. The molecule has 0 heterocycles. The van der Waals surface area contributed by atoms with Gasteiger partial charge in [-0.25, -0.2) is 4.39 Å². The van der Waals surface area contributed by atoms with Crippen LogP contribution in [-0.4, -0.2) is 0 Å². The standard InChI is InChI=1S/C17H17ClFN/c1-11(20-15-7-8-16(18)17(19)10-15)13-6-5-12-3-2-4-14(12)9-13/h5-11,20H,2-4H2,1H3. The van der Waals surface area contributed by atoms with Crippen molar-refractivity contribution in [3.05, 3.63) is 63.9 Å². The fraction of sp³-hybridized carbons (Fsp3) is 0.294. The number of rotatable bonds is 3. The molecule has 3 heteroatoms. The quantitative estimate of drug-likeness (QED) is 0.825. The summed E-state index contributed by atoms with van der Waals surface area (Å²) < 4.78 is 13.4. The largest absolute Gasteiger partial charge is 0.378 e. The Morgan fingerprint density at radius 3 is 2.70 bits per heavy atom. The van der Waals surface area contributed by atoms with Crippen molar-refractivity contribution in [1.29, 1.82) is 0 Å². The zero-order valence-corrected chi connectivity index (χ0v) is 12.2. The fourth-order valence-electron chi connectivity index (χ4n) is 2.78. The third-order valence-corrected chi connectivity index (χ3v) is 4.23. The SMILES string of the molecule is CC(Nc1ccc(Cl)c(F)c1)c1ccc2c(c1)CCC2. The van der Waals surface area contributed by atoms with Crippen LogP contribution in [0.4, 0.5) is 10.1 Å². The summed E-state index contributed by atoms with van der Waals surface area (Å²) in [6, 6.07) is 11.6. The van der Waals surface area contributed by atoms with Gasteiger partial charge < -0.3 is 5.32 Å². The second-order valence-corrected chi connectivity index (χ2v) is 5.78. The Morgan fingerprint density at radius 2 is 1.90 bits per heavy atom. The minimum absolute atomic E-state index is 0.140. The van der Waals surface area contributed by atoms with E-state index in [9.17, 15) is 4.39 Å². The Labute approximate surface area is 123 Å². The van der Waals surface area contributed by atoms with Crippen LogP contribution in [0.1, 0.15) is 36.1 Å². The van der Waals surface area contributed by atoms with E-state index >= 15 is 0 Å². The Hall–Kier alpha value is -1.54. The molecule has 0 saturated heterocycles. The van der Waals surface area contributed by atoms with Crippen LogP contribution in [-0.2, 0) is 12.8 Å². The van der Waals surface area contributed by atoms with E-state index in [0.29, 0.717) is 0 Å². The van der Waals surface area contributed by atoms with Gasteiger partial charge in [0.05, 0.1) is 5.02 Å². The molecule has 0 aliphatic heterocycles. The van der Waals surface area contributed by atoms with Gasteiger partial charge in [-0.15, -0.1) is 0 Å². The van der Waals surface area contributed by atoms with Crippen molar-refractivity contribution in [2.24, 2.45) is 0 Å². The molecule has 0 saturated carbocycles. The number of nitrogens with one attached hydrogen (secondary N) is 1. The van der Waals surface area contributed by atoms with Gasteiger partial charge in [0.2, 0.25) is 0 Å². The molecule has 2 aromatic carbocycles. The summed E-state index contributed by atoms with van der Waals surface area (Å²) in [6.07, 6.45) is 3.62. The zero-order valence-electron chi connectivity index (χ0n) is 11.4. The number of fused-ring (bicyclic) bond motifs is 1. The summed E-state index contributed by atoms with van der Waals surface area (Å²) in [5.74, 6) is -0.391. The maximum absolute atomic E-state index is 13.4. The van der Waals surface area contributed by atoms with Crippen molar-refractivity contribution >= 4 is 17.3 Å². The normalized spacial score (nSPS) is 14.9. The maximum Gasteiger partial charge on any atom is 0.143 e. The first kappa shape index (κ1) is 13.4. The van der Waals surface area contributed by atoms with Gasteiger partial charge in [0, 0.05) is 11.7 Å². The third kappa shape index (κ3) is 2.66. The first-order valence-corrected chi connectivity index (χ1v) is 7.34. The molecule has 104 valence electrons. The summed E-state index contributed by atoms with van der Waals surface area (Å²) >= 11 is 5.70. The molecule has 1 unspecified atom stereocenters. The van der Waals surface area contributed by atoms with Gasteiger partial charge in [0.1, 0.15) is 5.82 Å². The molecule has 1 N–H and O–H groups in total. The van der Waals surface area contributed by atoms with Gasteiger partial charge in [-0.1, -0.05) is 29.8 Å². The topological polar surface area (TPSA) is 12.0 Å². The monoisotopic (exact) mass is 289 g/mol. The van der Waals surface area contributed by atoms with Crippen LogP contribution in [0.2, 0.25) is 5.02 Å². The smallest absolute Gasteiger partial charge is 0.143 e. The first-order chi connectivity index (χ1) is 9.63. The van der Waals surface area contributed by atoms with Crippen molar-refractivity contribution < 1.29 is 4.39 Å². The van der Waals surface area contributed by atoms with Crippen LogP contribution in [0, 0.1) is 5.82 Å². The minimum atomic E-state index is -0.391. The second-order valence-electron chi connectivity index (χ2n) is 5.38. The van der Waals surface area contributed by atoms with E-state index in [0.717, 1.165) is 5.69 Å². The highest BCUT2D eigenvalue weighted by Gasteiger charge is 2.13. The minimum Gasteiger partial charge on any atom is -0.378 e. The first-order valence-electron chi connectivity index (χ1n) is 6.97. The lowest BCUT2D eigenvalue weighted by molar-refractivity contribution is 0.628. The lowest BCUT2D eigenvalue weighted by Crippen LogP contribution is -2.07. The van der Waals surface area contributed by atoms with E-state index in [1.807, 2.05) is 0 Å². The summed E-state index contributed by atoms with van der Waals surface area (Å²) in [5.41, 5.74) is 4.91. The summed E-state index contributed by atoms with van der Waals surface area (Å²) in [7, 11) is 0. The third-order valence-electron chi connectivity index (χ3n) is 3.93. The van der Waals surface area contributed by atoms with Crippen LogP contribution in [0.3, 0.4) is 0 Å². The van der Waals surface area contributed by atoms with Gasteiger partial charge in [-0.05, 0) is 61.1 Å². The number of hydrogen-bond donors (Lipinski definition) is 1. The average Bonchev–Trinajstić information content (AvgIpc) is 2.90. The molecular weight excluding hydrogens is 273 g/mol. The van der Waals surface area contributed by atoms with Crippen LogP contribution in [0.25, 0.3) is 0 Å². The van der Waals surface area contributed by atoms with Crippen LogP contribution < -0.4 is 5.32 Å². The van der Waals surface area contributed by atoms with Crippen molar-refractivity contribution in [3.63, 3.8) is 0 Å². The molecule has 0 amide bonds. The van der Waals surface area contributed by atoms with Gasteiger partial charge in [-0.3, -0.25) is 0 Å². The molecule has 1 atom stereocenters. The Kier molecular flexibility index (Phi) is 3.66. The van der Waals surface area contributed by atoms with E-state index in [1.165, 1.54) is 42.0 Å². The highest BCUT2D eigenvalue weighted by Crippen LogP contribution is 2.27. The molecule has 0 fully saturated rings. The predicted octanol–water partition coefficient (Wildman–Crippen LogP) is 5.14. The number of hydrogen-bond acceptors (Lipinski definition) is 1. The molecule has 3 rings (SSSR count). The van der Waals surface area contributed by atoms with Gasteiger partial charge >= 0.3 is 0 Å². The van der Waals surface area contributed by atoms with Crippen LogP contribution in [0.5, 0.6) is 0 Å². The molecule has 2 aromatic rings. The average molecular weight is 290 g/mol. The van der Waals surface area contributed by atoms with E-state index in [2.05, 4.69) is 30.4 Å². The van der Waals surface area contributed by atoms with E-state index < -0.39 is 5.82 Å². The Balaban J connectivity index is 1.78. The van der Waals surface area contributed by atoms with Crippen molar-refractivity contribution in [3.8, 4) is 0 Å². The van der Waals surface area contributed by atoms with Gasteiger partial charge in [0.25, 0.3) is 0 Å².